The minimum absolute atomic E-state index is 0.0486. The van der Waals surface area contributed by atoms with Crippen LogP contribution in [0.4, 0.5) is 5.00 Å². The minimum atomic E-state index is -3.62. The number of amides is 2. The van der Waals surface area contributed by atoms with Gasteiger partial charge < -0.3 is 15.0 Å². The first-order valence-electron chi connectivity index (χ1n) is 12.2. The summed E-state index contributed by atoms with van der Waals surface area (Å²) in [5.74, 6) is -1.02. The van der Waals surface area contributed by atoms with E-state index in [9.17, 15) is 22.8 Å². The number of ether oxygens (including phenoxy) is 1. The summed E-state index contributed by atoms with van der Waals surface area (Å²) in [4.78, 5) is 40.3. The highest BCUT2D eigenvalue weighted by atomic mass is 32.2. The van der Waals surface area contributed by atoms with Crippen LogP contribution in [0.15, 0.2) is 29.2 Å². The summed E-state index contributed by atoms with van der Waals surface area (Å²) < 4.78 is 32.8. The van der Waals surface area contributed by atoms with E-state index >= 15 is 0 Å². The molecule has 36 heavy (non-hydrogen) atoms. The number of benzene rings is 1. The predicted octanol–water partition coefficient (Wildman–Crippen LogP) is 3.65. The standard InChI is InChI=1S/C25H31N3O6S2/c1-3-34-25(31)22-20-12-15-27(17(2)29)16-21(20)35-24(22)26-23(30)18-8-10-19(11-9-18)36(32,33)28-13-6-4-5-7-14-28/h8-11H,3-7,12-16H2,1-2H3,(H,26,30). The molecule has 1 N–H and O–H groups in total. The molecule has 0 saturated carbocycles. The van der Waals surface area contributed by atoms with Gasteiger partial charge in [0.1, 0.15) is 5.00 Å². The third-order valence-electron chi connectivity index (χ3n) is 6.53. The first-order chi connectivity index (χ1) is 17.2. The molecule has 1 saturated heterocycles. The van der Waals surface area contributed by atoms with E-state index in [4.69, 9.17) is 4.74 Å². The first kappa shape index (κ1) is 26.3. The maximum Gasteiger partial charge on any atom is 0.341 e. The highest BCUT2D eigenvalue weighted by Gasteiger charge is 2.31. The van der Waals surface area contributed by atoms with Crippen molar-refractivity contribution in [3.05, 3.63) is 45.8 Å². The van der Waals surface area contributed by atoms with Crippen LogP contribution in [-0.4, -0.2) is 61.6 Å². The third kappa shape index (κ3) is 5.47. The number of sulfonamides is 1. The molecule has 0 aliphatic carbocycles. The number of hydrogen-bond acceptors (Lipinski definition) is 7. The molecule has 0 bridgehead atoms. The Bertz CT molecular complexity index is 1250. The van der Waals surface area contributed by atoms with E-state index in [2.05, 4.69) is 5.32 Å². The van der Waals surface area contributed by atoms with Crippen LogP contribution in [0.25, 0.3) is 0 Å². The third-order valence-corrected chi connectivity index (χ3v) is 9.57. The fraction of sp³-hybridized carbons (Fsp3) is 0.480. The average Bonchev–Trinajstić information content (AvgIpc) is 3.01. The summed E-state index contributed by atoms with van der Waals surface area (Å²) in [5.41, 5.74) is 1.40. The van der Waals surface area contributed by atoms with E-state index in [1.165, 1.54) is 46.8 Å². The SMILES string of the molecule is CCOC(=O)c1c(NC(=O)c2ccc(S(=O)(=O)N3CCCCCC3)cc2)sc2c1CCN(C(C)=O)C2. The van der Waals surface area contributed by atoms with Crippen molar-refractivity contribution in [2.24, 2.45) is 0 Å². The number of rotatable bonds is 6. The van der Waals surface area contributed by atoms with Crippen molar-refractivity contribution < 1.29 is 27.5 Å². The molecule has 2 aliphatic rings. The molecule has 0 atom stereocenters. The van der Waals surface area contributed by atoms with Crippen LogP contribution in [0.5, 0.6) is 0 Å². The molecular formula is C25H31N3O6S2. The van der Waals surface area contributed by atoms with Crippen LogP contribution in [0.1, 0.15) is 70.7 Å². The number of nitrogens with one attached hydrogen (secondary N) is 1. The lowest BCUT2D eigenvalue weighted by Gasteiger charge is -2.25. The normalized spacial score (nSPS) is 16.7. The lowest BCUT2D eigenvalue weighted by Crippen LogP contribution is -2.34. The largest absolute Gasteiger partial charge is 0.462 e. The van der Waals surface area contributed by atoms with Crippen LogP contribution in [0, 0.1) is 0 Å². The lowest BCUT2D eigenvalue weighted by molar-refractivity contribution is -0.129. The average molecular weight is 534 g/mol. The van der Waals surface area contributed by atoms with Gasteiger partial charge in [0.15, 0.2) is 0 Å². The second-order valence-corrected chi connectivity index (χ2v) is 12.0. The summed E-state index contributed by atoms with van der Waals surface area (Å²) in [6.07, 6.45) is 4.24. The van der Waals surface area contributed by atoms with E-state index in [1.54, 1.807) is 11.8 Å². The summed E-state index contributed by atoms with van der Waals surface area (Å²) in [5, 5.41) is 3.18. The van der Waals surface area contributed by atoms with E-state index in [0.717, 1.165) is 36.1 Å². The number of thiophene rings is 1. The lowest BCUT2D eigenvalue weighted by atomic mass is 10.0. The second kappa shape index (κ2) is 11.1. The first-order valence-corrected chi connectivity index (χ1v) is 14.5. The summed E-state index contributed by atoms with van der Waals surface area (Å²) >= 11 is 1.26. The van der Waals surface area contributed by atoms with Crippen molar-refractivity contribution in [1.29, 1.82) is 0 Å². The molecule has 0 spiro atoms. The molecule has 4 rings (SSSR count). The van der Waals surface area contributed by atoms with Gasteiger partial charge in [-0.15, -0.1) is 11.3 Å². The summed E-state index contributed by atoms with van der Waals surface area (Å²) in [7, 11) is -3.62. The fourth-order valence-corrected chi connectivity index (χ4v) is 7.33. The smallest absolute Gasteiger partial charge is 0.341 e. The monoisotopic (exact) mass is 533 g/mol. The van der Waals surface area contributed by atoms with Crippen LogP contribution in [0.2, 0.25) is 0 Å². The van der Waals surface area contributed by atoms with Crippen LogP contribution in [-0.2, 0) is 32.5 Å². The van der Waals surface area contributed by atoms with Gasteiger partial charge >= 0.3 is 5.97 Å². The Hall–Kier alpha value is -2.76. The van der Waals surface area contributed by atoms with Gasteiger partial charge in [-0.25, -0.2) is 13.2 Å². The molecule has 2 aromatic rings. The van der Waals surface area contributed by atoms with Gasteiger partial charge in [-0.1, -0.05) is 12.8 Å². The fourth-order valence-electron chi connectivity index (χ4n) is 4.56. The van der Waals surface area contributed by atoms with Gasteiger partial charge in [-0.3, -0.25) is 9.59 Å². The van der Waals surface area contributed by atoms with Gasteiger partial charge in [-0.2, -0.15) is 4.31 Å². The van der Waals surface area contributed by atoms with Gasteiger partial charge in [0.25, 0.3) is 5.91 Å². The highest BCUT2D eigenvalue weighted by molar-refractivity contribution is 7.89. The van der Waals surface area contributed by atoms with Crippen molar-refractivity contribution in [3.63, 3.8) is 0 Å². The number of carbonyl (C=O) groups is 3. The van der Waals surface area contributed by atoms with Gasteiger partial charge in [-0.05, 0) is 56.0 Å². The maximum atomic E-state index is 13.1. The van der Waals surface area contributed by atoms with E-state index in [-0.39, 0.29) is 23.0 Å². The maximum absolute atomic E-state index is 13.1. The predicted molar refractivity (Wildman–Crippen MR) is 137 cm³/mol. The van der Waals surface area contributed by atoms with Crippen LogP contribution < -0.4 is 5.32 Å². The van der Waals surface area contributed by atoms with Crippen LogP contribution in [0.3, 0.4) is 0 Å². The number of nitrogens with zero attached hydrogens (tertiary/aromatic N) is 2. The molecule has 0 radical (unpaired) electrons. The molecule has 1 fully saturated rings. The number of anilines is 1. The molecule has 0 unspecified atom stereocenters. The van der Waals surface area contributed by atoms with Crippen molar-refractivity contribution in [2.45, 2.75) is 57.4 Å². The summed E-state index contributed by atoms with van der Waals surface area (Å²) in [6, 6.07) is 5.86. The molecule has 2 amide bonds. The Morgan fingerprint density at radius 2 is 1.69 bits per heavy atom. The zero-order valence-electron chi connectivity index (χ0n) is 20.5. The molecule has 9 nitrogen and oxygen atoms in total. The molecule has 2 aliphatic heterocycles. The van der Waals surface area contributed by atoms with Crippen molar-refractivity contribution in [1.82, 2.24) is 9.21 Å². The Morgan fingerprint density at radius 3 is 2.31 bits per heavy atom. The Kier molecular flexibility index (Phi) is 8.11. The Morgan fingerprint density at radius 1 is 1.03 bits per heavy atom. The molecular weight excluding hydrogens is 502 g/mol. The second-order valence-electron chi connectivity index (χ2n) is 8.92. The number of esters is 1. The van der Waals surface area contributed by atoms with Crippen molar-refractivity contribution in [2.75, 3.05) is 31.6 Å². The van der Waals surface area contributed by atoms with E-state index in [1.807, 2.05) is 0 Å². The number of carbonyl (C=O) groups excluding carboxylic acids is 3. The van der Waals surface area contributed by atoms with E-state index in [0.29, 0.717) is 43.2 Å². The van der Waals surface area contributed by atoms with Crippen molar-refractivity contribution >= 4 is 44.1 Å². The highest BCUT2D eigenvalue weighted by Crippen LogP contribution is 2.38. The Balaban J connectivity index is 1.56. The van der Waals surface area contributed by atoms with Gasteiger partial charge in [0.05, 0.1) is 23.6 Å². The van der Waals surface area contributed by atoms with E-state index < -0.39 is 21.9 Å². The number of hydrogen-bond donors (Lipinski definition) is 1. The molecule has 1 aromatic carbocycles. The summed E-state index contributed by atoms with van der Waals surface area (Å²) in [6.45, 7) is 5.30. The van der Waals surface area contributed by atoms with Gasteiger partial charge in [0.2, 0.25) is 15.9 Å². The topological polar surface area (TPSA) is 113 Å². The minimum Gasteiger partial charge on any atom is -0.462 e. The van der Waals surface area contributed by atoms with Gasteiger partial charge in [0, 0.05) is 37.0 Å². The molecule has 1 aromatic heterocycles. The zero-order chi connectivity index (χ0) is 25.9. The molecule has 3 heterocycles. The Labute approximate surface area is 215 Å². The quantitative estimate of drug-likeness (QED) is 0.567. The number of fused-ring (bicyclic) bond motifs is 1. The molecule has 194 valence electrons. The van der Waals surface area contributed by atoms with Crippen LogP contribution >= 0.6 is 11.3 Å². The zero-order valence-corrected chi connectivity index (χ0v) is 22.2. The molecule has 11 heteroatoms. The van der Waals surface area contributed by atoms with Crippen molar-refractivity contribution in [3.8, 4) is 0 Å².